The van der Waals surface area contributed by atoms with Gasteiger partial charge in [0.1, 0.15) is 10.7 Å². The average molecular weight is 319 g/mol. The fraction of sp³-hybridized carbons (Fsp3) is 0.455. The number of pyridine rings is 1. The van der Waals surface area contributed by atoms with Gasteiger partial charge in [0.05, 0.1) is 17.7 Å². The van der Waals surface area contributed by atoms with Crippen molar-refractivity contribution in [2.75, 3.05) is 32.5 Å². The topological polar surface area (TPSA) is 109 Å². The van der Waals surface area contributed by atoms with E-state index in [1.165, 1.54) is 13.2 Å². The Labute approximate surface area is 123 Å². The van der Waals surface area contributed by atoms with Crippen LogP contribution in [0, 0.1) is 11.3 Å². The van der Waals surface area contributed by atoms with E-state index in [0.717, 1.165) is 10.5 Å². The van der Waals surface area contributed by atoms with Crippen molar-refractivity contribution < 1.29 is 13.2 Å². The number of nitrogen functional groups attached to an aromatic ring is 1. The van der Waals surface area contributed by atoms with Gasteiger partial charge >= 0.3 is 0 Å². The fourth-order valence-electron chi connectivity index (χ4n) is 1.44. The van der Waals surface area contributed by atoms with Crippen LogP contribution in [-0.2, 0) is 14.8 Å². The third kappa shape index (κ3) is 4.05. The number of hydrogen-bond donors (Lipinski definition) is 1. The maximum atomic E-state index is 12.4. The van der Waals surface area contributed by atoms with Gasteiger partial charge in [0.15, 0.2) is 0 Å². The van der Waals surface area contributed by atoms with Crippen LogP contribution in [0.2, 0.25) is 5.02 Å². The van der Waals surface area contributed by atoms with Crippen LogP contribution < -0.4 is 5.73 Å². The molecule has 1 aromatic rings. The van der Waals surface area contributed by atoms with Crippen molar-refractivity contribution in [2.24, 2.45) is 0 Å². The van der Waals surface area contributed by atoms with E-state index < -0.39 is 10.0 Å². The standard InChI is InChI=1S/C11H15ClN4O3S/c1-19-6-5-16(4-2-3-13)20(17,18)9-7-10(12)11(14)15-8-9/h7-8H,2,4-6H2,1H3,(H2,14,15). The van der Waals surface area contributed by atoms with Crippen molar-refractivity contribution in [1.29, 1.82) is 5.26 Å². The number of nitrogens with zero attached hydrogens (tertiary/aromatic N) is 3. The second-order valence-corrected chi connectivity index (χ2v) is 6.19. The number of methoxy groups -OCH3 is 1. The number of ether oxygens (including phenoxy) is 1. The molecular weight excluding hydrogens is 304 g/mol. The van der Waals surface area contributed by atoms with Gasteiger partial charge in [-0.15, -0.1) is 0 Å². The zero-order chi connectivity index (χ0) is 15.2. The summed E-state index contributed by atoms with van der Waals surface area (Å²) in [6, 6.07) is 3.15. The molecule has 0 aromatic carbocycles. The second kappa shape index (κ2) is 7.40. The molecule has 0 atom stereocenters. The van der Waals surface area contributed by atoms with Gasteiger partial charge in [-0.05, 0) is 6.07 Å². The SMILES string of the molecule is COCCN(CCC#N)S(=O)(=O)c1cnc(N)c(Cl)c1. The molecular formula is C11H15ClN4O3S. The van der Waals surface area contributed by atoms with E-state index >= 15 is 0 Å². The van der Waals surface area contributed by atoms with Gasteiger partial charge in [0.2, 0.25) is 10.0 Å². The van der Waals surface area contributed by atoms with Crippen molar-refractivity contribution in [2.45, 2.75) is 11.3 Å². The first-order chi connectivity index (χ1) is 9.43. The van der Waals surface area contributed by atoms with Crippen molar-refractivity contribution in [1.82, 2.24) is 9.29 Å². The fourth-order valence-corrected chi connectivity index (χ4v) is 3.07. The zero-order valence-corrected chi connectivity index (χ0v) is 12.5. The Balaban J connectivity index is 3.07. The molecule has 0 spiro atoms. The Morgan fingerprint density at radius 2 is 2.25 bits per heavy atom. The van der Waals surface area contributed by atoms with E-state index in [2.05, 4.69) is 4.98 Å². The lowest BCUT2D eigenvalue weighted by Crippen LogP contribution is -2.34. The van der Waals surface area contributed by atoms with Gasteiger partial charge in [0, 0.05) is 32.8 Å². The van der Waals surface area contributed by atoms with E-state index in [1.807, 2.05) is 6.07 Å². The molecule has 9 heteroatoms. The molecule has 2 N–H and O–H groups in total. The summed E-state index contributed by atoms with van der Waals surface area (Å²) in [5, 5.41) is 8.67. The van der Waals surface area contributed by atoms with E-state index in [1.54, 1.807) is 0 Å². The summed E-state index contributed by atoms with van der Waals surface area (Å²) in [7, 11) is -2.32. The van der Waals surface area contributed by atoms with E-state index in [0.29, 0.717) is 0 Å². The highest BCUT2D eigenvalue weighted by atomic mass is 35.5. The molecule has 0 unspecified atom stereocenters. The molecule has 0 amide bonds. The number of aromatic nitrogens is 1. The third-order valence-electron chi connectivity index (χ3n) is 2.50. The minimum absolute atomic E-state index is 0.0612. The van der Waals surface area contributed by atoms with Gasteiger partial charge in [-0.25, -0.2) is 13.4 Å². The molecule has 0 saturated carbocycles. The molecule has 110 valence electrons. The predicted octanol–water partition coefficient (Wildman–Crippen LogP) is 0.868. The number of sulfonamides is 1. The number of nitrogens with two attached hydrogens (primary N) is 1. The minimum atomic E-state index is -3.79. The lowest BCUT2D eigenvalue weighted by atomic mass is 10.4. The predicted molar refractivity (Wildman–Crippen MR) is 74.5 cm³/mol. The summed E-state index contributed by atoms with van der Waals surface area (Å²) in [6.45, 7) is 0.438. The molecule has 20 heavy (non-hydrogen) atoms. The van der Waals surface area contributed by atoms with Crippen LogP contribution in [0.1, 0.15) is 6.42 Å². The lowest BCUT2D eigenvalue weighted by molar-refractivity contribution is 0.179. The van der Waals surface area contributed by atoms with Gasteiger partial charge in [-0.1, -0.05) is 11.6 Å². The summed E-state index contributed by atoms with van der Waals surface area (Å²) >= 11 is 5.79. The number of anilines is 1. The maximum Gasteiger partial charge on any atom is 0.244 e. The summed E-state index contributed by atoms with van der Waals surface area (Å²) in [5.74, 6) is 0.0612. The summed E-state index contributed by atoms with van der Waals surface area (Å²) < 4.78 is 30.9. The molecule has 0 aliphatic rings. The van der Waals surface area contributed by atoms with E-state index in [9.17, 15) is 8.42 Å². The molecule has 1 aromatic heterocycles. The maximum absolute atomic E-state index is 12.4. The van der Waals surface area contributed by atoms with E-state index in [-0.39, 0.29) is 41.9 Å². The Morgan fingerprint density at radius 1 is 1.55 bits per heavy atom. The van der Waals surface area contributed by atoms with E-state index in [4.69, 9.17) is 27.3 Å². The van der Waals surface area contributed by atoms with Crippen molar-refractivity contribution in [3.63, 3.8) is 0 Å². The summed E-state index contributed by atoms with van der Waals surface area (Å²) in [5.41, 5.74) is 5.45. The lowest BCUT2D eigenvalue weighted by Gasteiger charge is -2.20. The second-order valence-electron chi connectivity index (χ2n) is 3.84. The number of hydrogen-bond acceptors (Lipinski definition) is 6. The molecule has 0 saturated heterocycles. The van der Waals surface area contributed by atoms with Crippen LogP contribution in [0.15, 0.2) is 17.2 Å². The van der Waals surface area contributed by atoms with Crippen molar-refractivity contribution in [3.8, 4) is 6.07 Å². The Morgan fingerprint density at radius 3 is 2.80 bits per heavy atom. The van der Waals surface area contributed by atoms with Crippen LogP contribution >= 0.6 is 11.6 Å². The summed E-state index contributed by atoms with van der Waals surface area (Å²) in [6.07, 6.45) is 1.22. The number of nitriles is 1. The van der Waals surface area contributed by atoms with Gasteiger partial charge in [-0.2, -0.15) is 9.57 Å². The monoisotopic (exact) mass is 318 g/mol. The van der Waals surface area contributed by atoms with Crippen LogP contribution in [0.3, 0.4) is 0 Å². The molecule has 1 rings (SSSR count). The average Bonchev–Trinajstić information content (AvgIpc) is 2.41. The molecule has 7 nitrogen and oxygen atoms in total. The molecule has 0 radical (unpaired) electrons. The molecule has 0 fully saturated rings. The highest BCUT2D eigenvalue weighted by Gasteiger charge is 2.25. The molecule has 0 aliphatic heterocycles. The van der Waals surface area contributed by atoms with Crippen LogP contribution in [0.25, 0.3) is 0 Å². The zero-order valence-electron chi connectivity index (χ0n) is 10.9. The molecule has 1 heterocycles. The highest BCUT2D eigenvalue weighted by molar-refractivity contribution is 7.89. The van der Waals surface area contributed by atoms with Crippen LogP contribution in [0.4, 0.5) is 5.82 Å². The first kappa shape index (κ1) is 16.7. The minimum Gasteiger partial charge on any atom is -0.383 e. The molecule has 0 bridgehead atoms. The highest BCUT2D eigenvalue weighted by Crippen LogP contribution is 2.22. The Hall–Kier alpha value is -1.40. The molecule has 0 aliphatic carbocycles. The van der Waals surface area contributed by atoms with Crippen LogP contribution in [0.5, 0.6) is 0 Å². The van der Waals surface area contributed by atoms with Crippen molar-refractivity contribution in [3.05, 3.63) is 17.3 Å². The Kier molecular flexibility index (Phi) is 6.16. The smallest absolute Gasteiger partial charge is 0.244 e. The Bertz CT molecular complexity index is 600. The third-order valence-corrected chi connectivity index (χ3v) is 4.67. The van der Waals surface area contributed by atoms with Gasteiger partial charge in [-0.3, -0.25) is 0 Å². The number of rotatable bonds is 7. The van der Waals surface area contributed by atoms with Gasteiger partial charge in [0.25, 0.3) is 0 Å². The first-order valence-electron chi connectivity index (χ1n) is 5.70. The first-order valence-corrected chi connectivity index (χ1v) is 7.52. The largest absolute Gasteiger partial charge is 0.383 e. The number of halogens is 1. The van der Waals surface area contributed by atoms with Crippen molar-refractivity contribution >= 4 is 27.4 Å². The van der Waals surface area contributed by atoms with Gasteiger partial charge < -0.3 is 10.5 Å². The quantitative estimate of drug-likeness (QED) is 0.798. The summed E-state index contributed by atoms with van der Waals surface area (Å²) in [4.78, 5) is 3.67. The van der Waals surface area contributed by atoms with Crippen LogP contribution in [-0.4, -0.2) is 44.5 Å². The normalized spacial score (nSPS) is 11.5.